The van der Waals surface area contributed by atoms with Gasteiger partial charge in [-0.1, -0.05) is 22.9 Å². The molecule has 0 spiro atoms. The van der Waals surface area contributed by atoms with Crippen LogP contribution in [-0.2, 0) is 13.1 Å². The van der Waals surface area contributed by atoms with Crippen LogP contribution in [0.2, 0.25) is 4.34 Å². The number of hydrogen-bond acceptors (Lipinski definition) is 10. The minimum absolute atomic E-state index is 0.0646. The van der Waals surface area contributed by atoms with Gasteiger partial charge in [0.05, 0.1) is 29.1 Å². The molecule has 0 aromatic carbocycles. The van der Waals surface area contributed by atoms with Crippen LogP contribution in [0.5, 0.6) is 5.06 Å². The molecule has 0 radical (unpaired) electrons. The molecule has 4 rings (SSSR count). The van der Waals surface area contributed by atoms with E-state index in [9.17, 15) is 14.4 Å². The molecule has 0 unspecified atom stereocenters. The Balaban J connectivity index is 1.31. The molecule has 3 amide bonds. The topological polar surface area (TPSA) is 142 Å². The second-order valence-electron chi connectivity index (χ2n) is 6.68. The van der Waals surface area contributed by atoms with Crippen molar-refractivity contribution in [2.45, 2.75) is 20.0 Å². The molecule has 3 N–H and O–H groups in total. The van der Waals surface area contributed by atoms with Crippen molar-refractivity contribution in [1.29, 1.82) is 0 Å². The number of carbonyl (C=O) groups excluding carboxylic acids is 2. The SMILES string of the molecule is Cc1c(OC(=O)N(C)Cc2nsc(NC(=O)NCc3ccc(Cl)s3)n2)sc2nc[nH]c(=O)c12. The Labute approximate surface area is 203 Å². The Hall–Kier alpha value is -3.07. The van der Waals surface area contributed by atoms with Crippen molar-refractivity contribution in [3.8, 4) is 5.06 Å². The third-order valence-electron chi connectivity index (χ3n) is 4.30. The zero-order chi connectivity index (χ0) is 23.5. The maximum Gasteiger partial charge on any atom is 0.416 e. The van der Waals surface area contributed by atoms with Crippen LogP contribution in [0.4, 0.5) is 14.7 Å². The summed E-state index contributed by atoms with van der Waals surface area (Å²) in [5.74, 6) is 0.339. The molecule has 33 heavy (non-hydrogen) atoms. The maximum atomic E-state index is 12.5. The van der Waals surface area contributed by atoms with Crippen molar-refractivity contribution < 1.29 is 14.3 Å². The van der Waals surface area contributed by atoms with Crippen molar-refractivity contribution in [2.24, 2.45) is 0 Å². The van der Waals surface area contributed by atoms with E-state index in [-0.39, 0.29) is 12.1 Å². The summed E-state index contributed by atoms with van der Waals surface area (Å²) in [5, 5.41) is 6.29. The van der Waals surface area contributed by atoms with Crippen LogP contribution in [0, 0.1) is 6.92 Å². The molecular formula is C18H16ClN7O4S3. The fourth-order valence-corrected chi connectivity index (χ4v) is 5.31. The maximum absolute atomic E-state index is 12.5. The van der Waals surface area contributed by atoms with Gasteiger partial charge in [0.15, 0.2) is 10.9 Å². The summed E-state index contributed by atoms with van der Waals surface area (Å²) >= 11 is 9.36. The predicted molar refractivity (Wildman–Crippen MR) is 128 cm³/mol. The number of nitrogens with one attached hydrogen (secondary N) is 3. The number of fused-ring (bicyclic) bond motifs is 1. The molecule has 15 heteroatoms. The predicted octanol–water partition coefficient (Wildman–Crippen LogP) is 3.81. The number of H-pyrrole nitrogens is 1. The number of halogens is 1. The summed E-state index contributed by atoms with van der Waals surface area (Å²) in [4.78, 5) is 50.0. The quantitative estimate of drug-likeness (QED) is 0.347. The summed E-state index contributed by atoms with van der Waals surface area (Å²) in [6.07, 6.45) is 0.661. The van der Waals surface area contributed by atoms with E-state index in [1.54, 1.807) is 13.0 Å². The van der Waals surface area contributed by atoms with Gasteiger partial charge in [-0.2, -0.15) is 4.37 Å². The number of rotatable bonds is 6. The van der Waals surface area contributed by atoms with Gasteiger partial charge in [-0.3, -0.25) is 10.1 Å². The number of carbonyl (C=O) groups is 2. The summed E-state index contributed by atoms with van der Waals surface area (Å²) in [7, 11) is 1.53. The highest BCUT2D eigenvalue weighted by Gasteiger charge is 2.20. The molecular weight excluding hydrogens is 510 g/mol. The second kappa shape index (κ2) is 9.82. The van der Waals surface area contributed by atoms with Gasteiger partial charge < -0.3 is 19.9 Å². The number of urea groups is 1. The summed E-state index contributed by atoms with van der Waals surface area (Å²) < 4.78 is 10.2. The number of aromatic amines is 1. The molecule has 0 aliphatic rings. The minimum Gasteiger partial charge on any atom is -0.399 e. The zero-order valence-electron chi connectivity index (χ0n) is 17.2. The number of thiophene rings is 2. The van der Waals surface area contributed by atoms with Crippen LogP contribution in [0.15, 0.2) is 23.3 Å². The molecule has 0 aliphatic carbocycles. The minimum atomic E-state index is -0.641. The van der Waals surface area contributed by atoms with Crippen LogP contribution in [-0.4, -0.2) is 43.4 Å². The van der Waals surface area contributed by atoms with Crippen LogP contribution in [0.3, 0.4) is 0 Å². The molecule has 0 bridgehead atoms. The molecule has 4 heterocycles. The van der Waals surface area contributed by atoms with Gasteiger partial charge >= 0.3 is 12.1 Å². The first kappa shape index (κ1) is 23.1. The lowest BCUT2D eigenvalue weighted by Gasteiger charge is -2.14. The highest BCUT2D eigenvalue weighted by Crippen LogP contribution is 2.34. The molecule has 11 nitrogen and oxygen atoms in total. The van der Waals surface area contributed by atoms with E-state index < -0.39 is 12.1 Å². The highest BCUT2D eigenvalue weighted by molar-refractivity contribution is 7.20. The van der Waals surface area contributed by atoms with E-state index in [0.29, 0.717) is 42.7 Å². The first-order valence-electron chi connectivity index (χ1n) is 9.31. The van der Waals surface area contributed by atoms with Crippen molar-refractivity contribution in [3.05, 3.63) is 49.4 Å². The van der Waals surface area contributed by atoms with E-state index in [0.717, 1.165) is 27.7 Å². The first-order chi connectivity index (χ1) is 15.8. The van der Waals surface area contributed by atoms with E-state index in [1.165, 1.54) is 29.6 Å². The molecule has 0 atom stereocenters. The lowest BCUT2D eigenvalue weighted by atomic mass is 10.3. The van der Waals surface area contributed by atoms with Crippen molar-refractivity contribution in [1.82, 2.24) is 29.5 Å². The van der Waals surface area contributed by atoms with Gasteiger partial charge in [0.2, 0.25) is 5.13 Å². The molecule has 4 aromatic rings. The van der Waals surface area contributed by atoms with Crippen molar-refractivity contribution in [2.75, 3.05) is 12.4 Å². The second-order valence-corrected chi connectivity index (χ2v) is 10.2. The Morgan fingerprint density at radius 3 is 2.85 bits per heavy atom. The number of anilines is 1. The van der Waals surface area contributed by atoms with Gasteiger partial charge in [-0.25, -0.2) is 19.6 Å². The van der Waals surface area contributed by atoms with Crippen LogP contribution in [0.25, 0.3) is 10.2 Å². The molecule has 172 valence electrons. The number of nitrogens with zero attached hydrogens (tertiary/aromatic N) is 4. The first-order valence-corrected chi connectivity index (χ1v) is 12.1. The number of aryl methyl sites for hydroxylation is 1. The standard InChI is InChI=1S/C18H16ClN7O4S3/c1-8-12-13(27)21-7-22-14(12)32-15(8)30-18(29)26(2)6-11-23-17(33-25-11)24-16(28)20-5-9-3-4-10(19)31-9/h3-4,7H,5-6H2,1-2H3,(H,21,22,27)(H2,20,23,24,25,28). The number of ether oxygens (including phenoxy) is 1. The Bertz CT molecular complexity index is 1380. The Kier molecular flexibility index (Phi) is 6.88. The lowest BCUT2D eigenvalue weighted by molar-refractivity contribution is 0.161. The van der Waals surface area contributed by atoms with Gasteiger partial charge in [0, 0.05) is 29.0 Å². The Morgan fingerprint density at radius 1 is 1.30 bits per heavy atom. The lowest BCUT2D eigenvalue weighted by Crippen LogP contribution is -2.29. The van der Waals surface area contributed by atoms with Crippen molar-refractivity contribution in [3.63, 3.8) is 0 Å². The largest absolute Gasteiger partial charge is 0.416 e. The number of hydrogen-bond donors (Lipinski definition) is 3. The summed E-state index contributed by atoms with van der Waals surface area (Å²) in [6, 6.07) is 3.16. The van der Waals surface area contributed by atoms with Gasteiger partial charge in [0.25, 0.3) is 5.56 Å². The van der Waals surface area contributed by atoms with Crippen LogP contribution in [0.1, 0.15) is 16.3 Å². The fraction of sp³-hybridized carbons (Fsp3) is 0.222. The average molecular weight is 526 g/mol. The van der Waals surface area contributed by atoms with E-state index >= 15 is 0 Å². The van der Waals surface area contributed by atoms with E-state index in [4.69, 9.17) is 16.3 Å². The fourth-order valence-electron chi connectivity index (χ4n) is 2.71. The monoisotopic (exact) mass is 525 g/mol. The van der Waals surface area contributed by atoms with Gasteiger partial charge in [0.1, 0.15) is 4.83 Å². The van der Waals surface area contributed by atoms with E-state index in [1.807, 2.05) is 6.07 Å². The van der Waals surface area contributed by atoms with E-state index in [2.05, 4.69) is 30.0 Å². The Morgan fingerprint density at radius 2 is 2.12 bits per heavy atom. The normalized spacial score (nSPS) is 10.9. The molecule has 0 aliphatic heterocycles. The average Bonchev–Trinajstić information content (AvgIpc) is 3.47. The third kappa shape index (κ3) is 5.47. The summed E-state index contributed by atoms with van der Waals surface area (Å²) in [6.45, 7) is 2.09. The van der Waals surface area contributed by atoms with Crippen molar-refractivity contribution >= 4 is 73.3 Å². The third-order valence-corrected chi connectivity index (χ3v) is 7.28. The molecule has 0 fully saturated rings. The molecule has 0 saturated heterocycles. The number of aromatic nitrogens is 4. The van der Waals surface area contributed by atoms with Crippen LogP contribution >= 0.6 is 45.8 Å². The van der Waals surface area contributed by atoms with Crippen LogP contribution < -0.4 is 20.9 Å². The smallest absolute Gasteiger partial charge is 0.399 e. The highest BCUT2D eigenvalue weighted by atomic mass is 35.5. The molecule has 4 aromatic heterocycles. The summed E-state index contributed by atoms with van der Waals surface area (Å²) in [5.41, 5.74) is 0.250. The van der Waals surface area contributed by atoms with Gasteiger partial charge in [-0.05, 0) is 19.1 Å². The molecule has 0 saturated carbocycles. The van der Waals surface area contributed by atoms with Gasteiger partial charge in [-0.15, -0.1) is 11.3 Å². The number of amides is 3. The zero-order valence-corrected chi connectivity index (χ0v) is 20.4.